The Balaban J connectivity index is 1.74. The number of nitrogens with zero attached hydrogens (tertiary/aromatic N) is 2. The molecule has 0 amide bonds. The fraction of sp³-hybridized carbons (Fsp3) is 0.435. The first-order valence-corrected chi connectivity index (χ1v) is 10.9. The van der Waals surface area contributed by atoms with Crippen LogP contribution in [-0.4, -0.2) is 60.0 Å². The third-order valence-corrected chi connectivity index (χ3v) is 5.70. The summed E-state index contributed by atoms with van der Waals surface area (Å²) in [5.74, 6) is -0.882. The number of aliphatic carboxylic acids is 1. The molecular weight excluding hydrogens is 493 g/mol. The molecule has 12 heteroatoms. The van der Waals surface area contributed by atoms with Crippen LogP contribution in [-0.2, 0) is 22.3 Å². The van der Waals surface area contributed by atoms with Crippen molar-refractivity contribution >= 4 is 23.3 Å². The first kappa shape index (κ1) is 26.9. The minimum absolute atomic E-state index is 0.0442. The number of carbonyl (C=O) groups is 1. The van der Waals surface area contributed by atoms with Crippen molar-refractivity contribution in [1.82, 2.24) is 4.90 Å². The first-order chi connectivity index (χ1) is 16.3. The van der Waals surface area contributed by atoms with Crippen LogP contribution in [0.1, 0.15) is 25.0 Å². The minimum Gasteiger partial charge on any atom is -0.493 e. The molecule has 0 radical (unpaired) electrons. The molecule has 1 atom stereocenters. The Kier molecular flexibility index (Phi) is 8.05. The highest BCUT2D eigenvalue weighted by molar-refractivity contribution is 6.32. The monoisotopic (exact) mass is 518 g/mol. The molecule has 1 aliphatic heterocycles. The highest BCUT2D eigenvalue weighted by Crippen LogP contribution is 2.39. The summed E-state index contributed by atoms with van der Waals surface area (Å²) in [6.07, 6.45) is -5.44. The second-order valence-corrected chi connectivity index (χ2v) is 8.89. The van der Waals surface area contributed by atoms with Crippen LogP contribution in [0.15, 0.2) is 36.4 Å². The average Bonchev–Trinajstić information content (AvgIpc) is 2.96. The number of methoxy groups -OCH3 is 1. The standard InChI is InChI=1S/C23H26ClF3N2O6/c1-22(2,21(31)32)35-20-17(24)8-14(9-18(20)33-3)10-29-13-34-12-28(11-19(29)30)16-6-4-15(5-7-16)23(25,26)27/h4-9,19,30H,10-13H2,1-3H3,(H,31,32). The summed E-state index contributed by atoms with van der Waals surface area (Å²) in [5.41, 5.74) is -1.19. The van der Waals surface area contributed by atoms with Gasteiger partial charge in [-0.2, -0.15) is 13.2 Å². The molecule has 1 heterocycles. The van der Waals surface area contributed by atoms with E-state index < -0.39 is 29.5 Å². The van der Waals surface area contributed by atoms with Gasteiger partial charge in [0, 0.05) is 12.2 Å². The number of carboxylic acids is 1. The number of rotatable bonds is 7. The van der Waals surface area contributed by atoms with Gasteiger partial charge in [-0.05, 0) is 55.8 Å². The Morgan fingerprint density at radius 1 is 1.20 bits per heavy atom. The summed E-state index contributed by atoms with van der Waals surface area (Å²) in [5, 5.41) is 20.2. The van der Waals surface area contributed by atoms with E-state index >= 15 is 0 Å². The molecule has 2 N–H and O–H groups in total. The Morgan fingerprint density at radius 3 is 2.43 bits per heavy atom. The molecule has 2 aromatic rings. The molecule has 192 valence electrons. The zero-order valence-electron chi connectivity index (χ0n) is 19.3. The van der Waals surface area contributed by atoms with Gasteiger partial charge in [-0.15, -0.1) is 0 Å². The number of benzene rings is 2. The Morgan fingerprint density at radius 2 is 1.86 bits per heavy atom. The predicted molar refractivity (Wildman–Crippen MR) is 122 cm³/mol. The molecular formula is C23H26ClF3N2O6. The second-order valence-electron chi connectivity index (χ2n) is 8.48. The largest absolute Gasteiger partial charge is 0.493 e. The van der Waals surface area contributed by atoms with Gasteiger partial charge in [0.1, 0.15) is 19.7 Å². The highest BCUT2D eigenvalue weighted by atomic mass is 35.5. The van der Waals surface area contributed by atoms with Gasteiger partial charge < -0.3 is 29.3 Å². The smallest absolute Gasteiger partial charge is 0.416 e. The average molecular weight is 519 g/mol. The van der Waals surface area contributed by atoms with Crippen LogP contribution >= 0.6 is 11.6 Å². The van der Waals surface area contributed by atoms with Crippen LogP contribution < -0.4 is 14.4 Å². The van der Waals surface area contributed by atoms with Crippen LogP contribution in [0.5, 0.6) is 11.5 Å². The molecule has 1 unspecified atom stereocenters. The van der Waals surface area contributed by atoms with Gasteiger partial charge in [0.25, 0.3) is 0 Å². The molecule has 3 rings (SSSR count). The van der Waals surface area contributed by atoms with E-state index in [0.29, 0.717) is 11.3 Å². The van der Waals surface area contributed by atoms with Gasteiger partial charge in [0.05, 0.1) is 24.2 Å². The fourth-order valence-corrected chi connectivity index (χ4v) is 3.68. The number of aliphatic hydroxyl groups is 1. The molecule has 0 aromatic heterocycles. The molecule has 2 aromatic carbocycles. The van der Waals surface area contributed by atoms with Crippen LogP contribution in [0, 0.1) is 0 Å². The van der Waals surface area contributed by atoms with Crippen LogP contribution in [0.25, 0.3) is 0 Å². The number of ether oxygens (including phenoxy) is 3. The number of hydrogen-bond donors (Lipinski definition) is 2. The Labute approximate surface area is 205 Å². The maximum atomic E-state index is 12.8. The number of anilines is 1. The van der Waals surface area contributed by atoms with E-state index in [2.05, 4.69) is 0 Å². The van der Waals surface area contributed by atoms with Gasteiger partial charge in [0.2, 0.25) is 0 Å². The third kappa shape index (κ3) is 6.49. The molecule has 1 saturated heterocycles. The van der Waals surface area contributed by atoms with Gasteiger partial charge in [-0.3, -0.25) is 0 Å². The molecule has 1 aliphatic rings. The van der Waals surface area contributed by atoms with E-state index in [1.807, 2.05) is 0 Å². The van der Waals surface area contributed by atoms with E-state index in [4.69, 9.17) is 25.8 Å². The number of β-amino-alcohol motifs (C(OH)–C–C–N with tert-alkyl or cyclic N) is 1. The van der Waals surface area contributed by atoms with E-state index in [0.717, 1.165) is 12.1 Å². The molecule has 0 saturated carbocycles. The molecule has 8 nitrogen and oxygen atoms in total. The molecule has 0 aliphatic carbocycles. The number of hydrogen-bond acceptors (Lipinski definition) is 7. The van der Waals surface area contributed by atoms with Crippen LogP contribution in [0.3, 0.4) is 0 Å². The van der Waals surface area contributed by atoms with E-state index in [1.165, 1.54) is 33.1 Å². The molecule has 0 spiro atoms. The fourth-order valence-electron chi connectivity index (χ4n) is 3.41. The third-order valence-electron chi connectivity index (χ3n) is 5.42. The van der Waals surface area contributed by atoms with Crippen molar-refractivity contribution < 1.29 is 42.4 Å². The normalized spacial score (nSPS) is 17.7. The maximum absolute atomic E-state index is 12.8. The lowest BCUT2D eigenvalue weighted by Crippen LogP contribution is -2.40. The van der Waals surface area contributed by atoms with Crippen molar-refractivity contribution in [1.29, 1.82) is 0 Å². The van der Waals surface area contributed by atoms with E-state index in [1.54, 1.807) is 21.9 Å². The quantitative estimate of drug-likeness (QED) is 0.564. The van der Waals surface area contributed by atoms with Gasteiger partial charge >= 0.3 is 12.1 Å². The Hall–Kier alpha value is -2.73. The van der Waals surface area contributed by atoms with E-state index in [9.17, 15) is 28.2 Å². The van der Waals surface area contributed by atoms with Crippen molar-refractivity contribution in [2.75, 3.05) is 32.0 Å². The highest BCUT2D eigenvalue weighted by Gasteiger charge is 2.33. The zero-order chi connectivity index (χ0) is 26.0. The first-order valence-electron chi connectivity index (χ1n) is 10.5. The molecule has 35 heavy (non-hydrogen) atoms. The summed E-state index contributed by atoms with van der Waals surface area (Å²) in [7, 11) is 1.39. The summed E-state index contributed by atoms with van der Waals surface area (Å²) in [6, 6.07) is 7.81. The van der Waals surface area contributed by atoms with Gasteiger partial charge in [-0.1, -0.05) is 11.6 Å². The van der Waals surface area contributed by atoms with Crippen LogP contribution in [0.4, 0.5) is 18.9 Å². The lowest BCUT2D eigenvalue weighted by atomic mass is 10.1. The number of aliphatic hydroxyl groups excluding tert-OH is 1. The van der Waals surface area contributed by atoms with E-state index in [-0.39, 0.29) is 43.1 Å². The summed E-state index contributed by atoms with van der Waals surface area (Å²) < 4.78 is 55.0. The number of alkyl halides is 3. The predicted octanol–water partition coefficient (Wildman–Crippen LogP) is 4.18. The van der Waals surface area contributed by atoms with Crippen molar-refractivity contribution in [2.45, 2.75) is 38.4 Å². The molecule has 1 fully saturated rings. The minimum atomic E-state index is -4.43. The van der Waals surface area contributed by atoms with Crippen molar-refractivity contribution in [3.8, 4) is 11.5 Å². The van der Waals surface area contributed by atoms with Gasteiger partial charge in [0.15, 0.2) is 17.1 Å². The van der Waals surface area contributed by atoms with Crippen molar-refractivity contribution in [3.05, 3.63) is 52.5 Å². The summed E-state index contributed by atoms with van der Waals surface area (Å²) in [6.45, 7) is 3.16. The lowest BCUT2D eigenvalue weighted by molar-refractivity contribution is -0.152. The van der Waals surface area contributed by atoms with Crippen LogP contribution in [0.2, 0.25) is 5.02 Å². The Bertz CT molecular complexity index is 1050. The number of carboxylic acid groups (broad SMARTS) is 1. The number of halogens is 4. The maximum Gasteiger partial charge on any atom is 0.416 e. The SMILES string of the molecule is COc1cc(CN2COCN(c3ccc(C(F)(F)F)cc3)CC2O)cc(Cl)c1OC(C)(C)C(=O)O. The topological polar surface area (TPSA) is 91.7 Å². The zero-order valence-corrected chi connectivity index (χ0v) is 20.1. The molecule has 0 bridgehead atoms. The summed E-state index contributed by atoms with van der Waals surface area (Å²) in [4.78, 5) is 14.6. The second kappa shape index (κ2) is 10.5. The van der Waals surface area contributed by atoms with Gasteiger partial charge in [-0.25, -0.2) is 9.69 Å². The van der Waals surface area contributed by atoms with Crippen molar-refractivity contribution in [3.63, 3.8) is 0 Å². The van der Waals surface area contributed by atoms with Crippen molar-refractivity contribution in [2.24, 2.45) is 0 Å². The lowest BCUT2D eigenvalue weighted by Gasteiger charge is -2.28. The summed E-state index contributed by atoms with van der Waals surface area (Å²) >= 11 is 6.36.